The number of hydrogen-bond donors (Lipinski definition) is 2. The van der Waals surface area contributed by atoms with Gasteiger partial charge in [-0.1, -0.05) is 18.2 Å². The molecule has 134 valence electrons. The molecule has 1 aromatic carbocycles. The highest BCUT2D eigenvalue weighted by Gasteiger charge is 2.34. The molecular formula is C16H23FN2O4S. The normalized spacial score (nSPS) is 19.2. The zero-order valence-corrected chi connectivity index (χ0v) is 14.3. The maximum Gasteiger partial charge on any atom is 0.317 e. The molecule has 0 aromatic heterocycles. The number of carbonyl (C=O) groups excluding carboxylic acids is 1. The van der Waals surface area contributed by atoms with E-state index in [-0.39, 0.29) is 36.5 Å². The predicted molar refractivity (Wildman–Crippen MR) is 89.0 cm³/mol. The Morgan fingerprint density at radius 3 is 2.75 bits per heavy atom. The molecule has 1 aliphatic rings. The SMILES string of the molecule is O=C(NCCCc1ccccc1F)N(CCO)C1CCS(=O)(=O)C1. The summed E-state index contributed by atoms with van der Waals surface area (Å²) in [6, 6.07) is 5.72. The average molecular weight is 358 g/mol. The number of urea groups is 1. The van der Waals surface area contributed by atoms with Crippen LogP contribution >= 0.6 is 0 Å². The lowest BCUT2D eigenvalue weighted by Gasteiger charge is -2.27. The van der Waals surface area contributed by atoms with Crippen LogP contribution < -0.4 is 5.32 Å². The topological polar surface area (TPSA) is 86.7 Å². The Morgan fingerprint density at radius 2 is 2.12 bits per heavy atom. The molecule has 0 radical (unpaired) electrons. The zero-order valence-electron chi connectivity index (χ0n) is 13.4. The highest BCUT2D eigenvalue weighted by atomic mass is 32.2. The summed E-state index contributed by atoms with van der Waals surface area (Å²) in [6.07, 6.45) is 1.47. The number of nitrogens with one attached hydrogen (secondary N) is 1. The van der Waals surface area contributed by atoms with Crippen LogP contribution in [0.1, 0.15) is 18.4 Å². The van der Waals surface area contributed by atoms with E-state index in [9.17, 15) is 17.6 Å². The van der Waals surface area contributed by atoms with Gasteiger partial charge in [0.15, 0.2) is 9.84 Å². The molecule has 1 atom stereocenters. The number of nitrogens with zero attached hydrogens (tertiary/aromatic N) is 1. The molecule has 1 fully saturated rings. The summed E-state index contributed by atoms with van der Waals surface area (Å²) in [5, 5.41) is 11.8. The molecule has 24 heavy (non-hydrogen) atoms. The van der Waals surface area contributed by atoms with E-state index in [0.717, 1.165) is 0 Å². The molecule has 6 nitrogen and oxygen atoms in total. The van der Waals surface area contributed by atoms with Crippen molar-refractivity contribution in [2.75, 3.05) is 31.2 Å². The third kappa shape index (κ3) is 5.17. The van der Waals surface area contributed by atoms with Gasteiger partial charge in [0.25, 0.3) is 0 Å². The minimum absolute atomic E-state index is 0.0599. The first kappa shape index (κ1) is 18.7. The van der Waals surface area contributed by atoms with Crippen molar-refractivity contribution in [3.8, 4) is 0 Å². The molecule has 0 saturated carbocycles. The van der Waals surface area contributed by atoms with Crippen molar-refractivity contribution in [1.29, 1.82) is 0 Å². The Balaban J connectivity index is 1.82. The molecule has 1 unspecified atom stereocenters. The Bertz CT molecular complexity index is 666. The molecule has 0 bridgehead atoms. The quantitative estimate of drug-likeness (QED) is 0.711. The van der Waals surface area contributed by atoms with Gasteiger partial charge in [-0.3, -0.25) is 0 Å². The van der Waals surface area contributed by atoms with Crippen LogP contribution in [0.5, 0.6) is 0 Å². The number of carbonyl (C=O) groups is 1. The van der Waals surface area contributed by atoms with Crippen LogP contribution in [0.4, 0.5) is 9.18 Å². The number of aryl methyl sites for hydroxylation is 1. The summed E-state index contributed by atoms with van der Waals surface area (Å²) in [4.78, 5) is 13.6. The second kappa shape index (κ2) is 8.43. The lowest BCUT2D eigenvalue weighted by molar-refractivity contribution is 0.158. The van der Waals surface area contributed by atoms with Gasteiger partial charge in [0.1, 0.15) is 5.82 Å². The van der Waals surface area contributed by atoms with Gasteiger partial charge in [-0.25, -0.2) is 17.6 Å². The van der Waals surface area contributed by atoms with Crippen LogP contribution in [0.3, 0.4) is 0 Å². The lowest BCUT2D eigenvalue weighted by atomic mass is 10.1. The molecule has 1 aliphatic heterocycles. The van der Waals surface area contributed by atoms with Gasteiger partial charge < -0.3 is 15.3 Å². The molecule has 8 heteroatoms. The molecule has 2 amide bonds. The van der Waals surface area contributed by atoms with E-state index in [1.807, 2.05) is 0 Å². The van der Waals surface area contributed by atoms with Crippen molar-refractivity contribution >= 4 is 15.9 Å². The summed E-state index contributed by atoms with van der Waals surface area (Å²) in [6.45, 7) is 0.229. The smallest absolute Gasteiger partial charge is 0.317 e. The maximum absolute atomic E-state index is 13.5. The summed E-state index contributed by atoms with van der Waals surface area (Å²) < 4.78 is 36.6. The molecule has 1 saturated heterocycles. The number of rotatable bonds is 7. The van der Waals surface area contributed by atoms with Gasteiger partial charge in [-0.15, -0.1) is 0 Å². The van der Waals surface area contributed by atoms with E-state index in [0.29, 0.717) is 31.4 Å². The molecule has 1 aromatic rings. The average Bonchev–Trinajstić information content (AvgIpc) is 2.90. The van der Waals surface area contributed by atoms with Gasteiger partial charge in [0, 0.05) is 19.1 Å². The number of halogens is 1. The highest BCUT2D eigenvalue weighted by Crippen LogP contribution is 2.17. The fraction of sp³-hybridized carbons (Fsp3) is 0.562. The van der Waals surface area contributed by atoms with Crippen molar-refractivity contribution in [2.24, 2.45) is 0 Å². The number of aliphatic hydroxyl groups is 1. The van der Waals surface area contributed by atoms with E-state index in [4.69, 9.17) is 5.11 Å². The number of hydrogen-bond acceptors (Lipinski definition) is 4. The maximum atomic E-state index is 13.5. The summed E-state index contributed by atoms with van der Waals surface area (Å²) in [7, 11) is -3.10. The number of amides is 2. The molecule has 0 aliphatic carbocycles. The van der Waals surface area contributed by atoms with E-state index < -0.39 is 15.9 Å². The van der Waals surface area contributed by atoms with Crippen molar-refractivity contribution in [2.45, 2.75) is 25.3 Å². The van der Waals surface area contributed by atoms with E-state index >= 15 is 0 Å². The van der Waals surface area contributed by atoms with Crippen molar-refractivity contribution < 1.29 is 22.7 Å². The van der Waals surface area contributed by atoms with Crippen LogP contribution in [0.2, 0.25) is 0 Å². The lowest BCUT2D eigenvalue weighted by Crippen LogP contribution is -2.48. The molecule has 0 spiro atoms. The monoisotopic (exact) mass is 358 g/mol. The Labute approximate surface area is 141 Å². The van der Waals surface area contributed by atoms with E-state index in [1.54, 1.807) is 18.2 Å². The zero-order chi connectivity index (χ0) is 17.6. The third-order valence-corrected chi connectivity index (χ3v) is 5.86. The Kier molecular flexibility index (Phi) is 6.56. The van der Waals surface area contributed by atoms with Crippen LogP contribution in [0.15, 0.2) is 24.3 Å². The van der Waals surface area contributed by atoms with Crippen LogP contribution in [0, 0.1) is 5.82 Å². The van der Waals surface area contributed by atoms with E-state index in [1.165, 1.54) is 11.0 Å². The summed E-state index contributed by atoms with van der Waals surface area (Å²) >= 11 is 0. The Hall–Kier alpha value is -1.67. The fourth-order valence-electron chi connectivity index (χ4n) is 2.86. The molecule has 2 rings (SSSR count). The van der Waals surface area contributed by atoms with Gasteiger partial charge in [-0.2, -0.15) is 0 Å². The van der Waals surface area contributed by atoms with Crippen molar-refractivity contribution in [3.05, 3.63) is 35.6 Å². The molecule has 2 N–H and O–H groups in total. The van der Waals surface area contributed by atoms with Crippen molar-refractivity contribution in [3.63, 3.8) is 0 Å². The first-order chi connectivity index (χ1) is 11.4. The van der Waals surface area contributed by atoms with Crippen LogP contribution in [-0.4, -0.2) is 61.7 Å². The third-order valence-electron chi connectivity index (χ3n) is 4.11. The molecular weight excluding hydrogens is 335 g/mol. The second-order valence-corrected chi connectivity index (χ2v) is 8.13. The number of aliphatic hydroxyl groups excluding tert-OH is 1. The minimum atomic E-state index is -3.10. The number of sulfone groups is 1. The summed E-state index contributed by atoms with van der Waals surface area (Å²) in [5.74, 6) is -0.252. The van der Waals surface area contributed by atoms with Crippen LogP contribution in [0.25, 0.3) is 0 Å². The molecule has 1 heterocycles. The minimum Gasteiger partial charge on any atom is -0.395 e. The van der Waals surface area contributed by atoms with Gasteiger partial charge >= 0.3 is 6.03 Å². The van der Waals surface area contributed by atoms with Crippen LogP contribution in [-0.2, 0) is 16.3 Å². The highest BCUT2D eigenvalue weighted by molar-refractivity contribution is 7.91. The second-order valence-electron chi connectivity index (χ2n) is 5.90. The largest absolute Gasteiger partial charge is 0.395 e. The fourth-order valence-corrected chi connectivity index (χ4v) is 4.59. The predicted octanol–water partition coefficient (Wildman–Crippen LogP) is 0.949. The first-order valence-corrected chi connectivity index (χ1v) is 9.84. The number of benzene rings is 1. The van der Waals surface area contributed by atoms with Gasteiger partial charge in [0.05, 0.1) is 18.1 Å². The Morgan fingerprint density at radius 1 is 1.38 bits per heavy atom. The van der Waals surface area contributed by atoms with Gasteiger partial charge in [-0.05, 0) is 30.9 Å². The summed E-state index contributed by atoms with van der Waals surface area (Å²) in [5.41, 5.74) is 0.598. The van der Waals surface area contributed by atoms with Crippen molar-refractivity contribution in [1.82, 2.24) is 10.2 Å². The van der Waals surface area contributed by atoms with Gasteiger partial charge in [0.2, 0.25) is 0 Å². The first-order valence-electron chi connectivity index (χ1n) is 8.02. The van der Waals surface area contributed by atoms with E-state index in [2.05, 4.69) is 5.32 Å². The standard InChI is InChI=1S/C16H23FN2O4S/c17-15-6-2-1-4-13(15)5-3-8-18-16(21)19(9-10-20)14-7-11-24(22,23)12-14/h1-2,4,6,14,20H,3,5,7-12H2,(H,18,21).